The van der Waals surface area contributed by atoms with Crippen LogP contribution in [0.2, 0.25) is 0 Å². The van der Waals surface area contributed by atoms with E-state index >= 15 is 0 Å². The van der Waals surface area contributed by atoms with Crippen LogP contribution >= 0.6 is 9.91 Å². The summed E-state index contributed by atoms with van der Waals surface area (Å²) < 4.78 is 5.74. The van der Waals surface area contributed by atoms with E-state index < -0.39 is 0 Å². The second-order valence-electron chi connectivity index (χ2n) is 3.42. The van der Waals surface area contributed by atoms with Gasteiger partial charge in [0.1, 0.15) is 0 Å². The van der Waals surface area contributed by atoms with Crippen molar-refractivity contribution < 1.29 is 17.4 Å². The van der Waals surface area contributed by atoms with Crippen LogP contribution in [-0.4, -0.2) is 17.7 Å². The quantitative estimate of drug-likeness (QED) is 0.497. The van der Waals surface area contributed by atoms with Crippen molar-refractivity contribution in [2.24, 2.45) is 0 Å². The number of para-hydroxylation sites is 1. The van der Waals surface area contributed by atoms with E-state index in [0.29, 0.717) is 13.3 Å². The molecule has 0 saturated heterocycles. The van der Waals surface area contributed by atoms with Crippen LogP contribution in [0.5, 0.6) is 0 Å². The average Bonchev–Trinajstić information content (AvgIpc) is 2.77. The molecule has 1 aromatic carbocycles. The Morgan fingerprint density at radius 1 is 1.06 bits per heavy atom. The summed E-state index contributed by atoms with van der Waals surface area (Å²) in [5.41, 5.74) is 2.26. The minimum absolute atomic E-state index is 0. The van der Waals surface area contributed by atoms with Crippen LogP contribution in [0, 0.1) is 0 Å². The summed E-state index contributed by atoms with van der Waals surface area (Å²) in [5, 5.41) is 1.14. The number of hydrogen-bond donors (Lipinski definition) is 1. The van der Waals surface area contributed by atoms with Crippen molar-refractivity contribution in [1.29, 1.82) is 0 Å². The van der Waals surface area contributed by atoms with Gasteiger partial charge in [-0.05, 0) is 0 Å². The molecule has 0 spiro atoms. The zero-order valence-electron chi connectivity index (χ0n) is 8.76. The second-order valence-corrected chi connectivity index (χ2v) is 6.83. The predicted octanol–water partition coefficient (Wildman–Crippen LogP) is -2.38. The summed E-state index contributed by atoms with van der Waals surface area (Å²) >= 11 is 0.448. The molecule has 0 fully saturated rings. The summed E-state index contributed by atoms with van der Waals surface area (Å²) in [4.78, 5) is 3.39. The SMILES string of the molecule is [Cl-].c1ccc([NH+]=c2ccc3ns[se]c-3c2)cc1. The van der Waals surface area contributed by atoms with Gasteiger partial charge in [0.2, 0.25) is 0 Å². The molecular weight excluding hydrogens is 319 g/mol. The van der Waals surface area contributed by atoms with E-state index in [1.165, 1.54) is 4.44 Å². The summed E-state index contributed by atoms with van der Waals surface area (Å²) in [5.74, 6) is 0. The Kier molecular flexibility index (Phi) is 4.13. The van der Waals surface area contributed by atoms with Gasteiger partial charge >= 0.3 is 102 Å². The second kappa shape index (κ2) is 5.61. The van der Waals surface area contributed by atoms with Gasteiger partial charge in [-0.1, -0.05) is 0 Å². The van der Waals surface area contributed by atoms with Gasteiger partial charge in [0.25, 0.3) is 0 Å². The normalized spacial score (nSPS) is 11.4. The Bertz CT molecular complexity index is 632. The molecule has 0 atom stereocenters. The number of benzene rings is 2. The Balaban J connectivity index is 0.00000108. The van der Waals surface area contributed by atoms with Crippen molar-refractivity contribution >= 4 is 28.9 Å². The first-order valence-corrected chi connectivity index (χ1v) is 8.58. The van der Waals surface area contributed by atoms with Gasteiger partial charge in [0, 0.05) is 0 Å². The molecule has 0 unspecified atom stereocenters. The molecule has 2 nitrogen and oxygen atoms in total. The molecule has 0 bridgehead atoms. The number of nitrogens with one attached hydrogen (secondary N) is 1. The van der Waals surface area contributed by atoms with Crippen molar-refractivity contribution in [3.8, 4) is 10.1 Å². The minimum atomic E-state index is 0. The van der Waals surface area contributed by atoms with E-state index in [0.717, 1.165) is 16.7 Å². The van der Waals surface area contributed by atoms with Gasteiger partial charge in [-0.3, -0.25) is 0 Å². The van der Waals surface area contributed by atoms with Gasteiger partial charge in [-0.2, -0.15) is 0 Å². The van der Waals surface area contributed by atoms with E-state index in [2.05, 4.69) is 39.7 Å². The Morgan fingerprint density at radius 2 is 1.88 bits per heavy atom. The molecule has 1 aliphatic carbocycles. The third kappa shape index (κ3) is 2.85. The standard InChI is InChI=1S/C12H8N2SSe.ClH/c1-2-4-9(5-3-1)13-10-6-7-11-12(8-10)16-15-14-11;/h1-8H;1H. The molecule has 5 heteroatoms. The third-order valence-corrected chi connectivity index (χ3v) is 5.56. The van der Waals surface area contributed by atoms with E-state index in [-0.39, 0.29) is 12.4 Å². The number of aromatic nitrogens is 1. The first-order valence-electron chi connectivity index (χ1n) is 4.93. The molecule has 2 aliphatic rings. The van der Waals surface area contributed by atoms with Crippen LogP contribution in [0.25, 0.3) is 10.1 Å². The van der Waals surface area contributed by atoms with E-state index in [9.17, 15) is 0 Å². The van der Waals surface area contributed by atoms with Crippen molar-refractivity contribution in [3.05, 3.63) is 53.9 Å². The molecule has 1 heterocycles. The Morgan fingerprint density at radius 3 is 2.71 bits per heavy atom. The first-order chi connectivity index (χ1) is 7.92. The molecule has 1 aliphatic heterocycles. The molecule has 0 amide bonds. The maximum atomic E-state index is 4.36. The monoisotopic (exact) mass is 328 g/mol. The van der Waals surface area contributed by atoms with Crippen molar-refractivity contribution in [1.82, 2.24) is 4.37 Å². The third-order valence-electron chi connectivity index (χ3n) is 2.28. The zero-order chi connectivity index (χ0) is 10.8. The molecule has 3 rings (SSSR count). The van der Waals surface area contributed by atoms with Crippen LogP contribution in [0.1, 0.15) is 0 Å². The topological polar surface area (TPSA) is 26.9 Å². The van der Waals surface area contributed by atoms with E-state index in [1.807, 2.05) is 18.2 Å². The number of rotatable bonds is 1. The van der Waals surface area contributed by atoms with E-state index in [1.54, 1.807) is 9.91 Å². The summed E-state index contributed by atoms with van der Waals surface area (Å²) in [6.45, 7) is 0. The van der Waals surface area contributed by atoms with Crippen LogP contribution in [-0.2, 0) is 0 Å². The Hall–Kier alpha value is -0.931. The number of hydrogen-bond acceptors (Lipinski definition) is 2. The first kappa shape index (κ1) is 12.5. The van der Waals surface area contributed by atoms with Crippen LogP contribution in [0.3, 0.4) is 0 Å². The van der Waals surface area contributed by atoms with Crippen molar-refractivity contribution in [2.75, 3.05) is 0 Å². The molecule has 1 N–H and O–H groups in total. The van der Waals surface area contributed by atoms with Gasteiger partial charge < -0.3 is 12.4 Å². The van der Waals surface area contributed by atoms with Crippen LogP contribution in [0.4, 0.5) is 5.69 Å². The number of nitrogens with zero attached hydrogens (tertiary/aromatic N) is 1. The van der Waals surface area contributed by atoms with Gasteiger partial charge in [-0.25, -0.2) is 0 Å². The molecule has 0 radical (unpaired) electrons. The molecule has 0 aromatic heterocycles. The summed E-state index contributed by atoms with van der Waals surface area (Å²) in [7, 11) is 1.68. The maximum absolute atomic E-state index is 4.36. The zero-order valence-corrected chi connectivity index (χ0v) is 12.0. The molecule has 86 valence electrons. The summed E-state index contributed by atoms with van der Waals surface area (Å²) in [6, 6.07) is 16.6. The van der Waals surface area contributed by atoms with Gasteiger partial charge in [0.05, 0.1) is 0 Å². The van der Waals surface area contributed by atoms with E-state index in [4.69, 9.17) is 0 Å². The number of halogens is 1. The van der Waals surface area contributed by atoms with Crippen molar-refractivity contribution in [3.63, 3.8) is 0 Å². The van der Waals surface area contributed by atoms with Gasteiger partial charge in [-0.15, -0.1) is 0 Å². The fraction of sp³-hybridized carbons (Fsp3) is 0. The summed E-state index contributed by atoms with van der Waals surface area (Å²) in [6.07, 6.45) is 0. The molecular formula is C12H9ClN2SSe. The average molecular weight is 328 g/mol. The Labute approximate surface area is 114 Å². The van der Waals surface area contributed by atoms with Crippen molar-refractivity contribution in [2.45, 2.75) is 0 Å². The fourth-order valence-corrected chi connectivity index (χ4v) is 4.73. The van der Waals surface area contributed by atoms with Gasteiger partial charge in [0.15, 0.2) is 0 Å². The fourth-order valence-electron chi connectivity index (χ4n) is 1.52. The molecule has 1 aromatic rings. The van der Waals surface area contributed by atoms with Crippen LogP contribution in [0.15, 0.2) is 48.5 Å². The molecule has 0 saturated carbocycles. The van der Waals surface area contributed by atoms with Crippen LogP contribution < -0.4 is 22.8 Å². The molecule has 17 heavy (non-hydrogen) atoms. The number of fused-ring (bicyclic) bond motifs is 1. The predicted molar refractivity (Wildman–Crippen MR) is 65.9 cm³/mol.